The summed E-state index contributed by atoms with van der Waals surface area (Å²) in [6.07, 6.45) is 0.227. The van der Waals surface area contributed by atoms with E-state index in [1.54, 1.807) is 0 Å². The van der Waals surface area contributed by atoms with Crippen LogP contribution in [0.5, 0.6) is 0 Å². The van der Waals surface area contributed by atoms with Crippen LogP contribution in [0.1, 0.15) is 32.8 Å². The molecule has 0 saturated heterocycles. The summed E-state index contributed by atoms with van der Waals surface area (Å²) in [5, 5.41) is 5.14. The average Bonchev–Trinajstić information content (AvgIpc) is 2.50. The molecule has 0 aliphatic rings. The van der Waals surface area contributed by atoms with Crippen molar-refractivity contribution >= 4 is 18.3 Å². The smallest absolute Gasteiger partial charge is 0.407 e. The van der Waals surface area contributed by atoms with Gasteiger partial charge in [-0.25, -0.2) is 4.79 Å². The van der Waals surface area contributed by atoms with Crippen LogP contribution in [-0.2, 0) is 20.9 Å². The molecule has 0 fully saturated rings. The van der Waals surface area contributed by atoms with Gasteiger partial charge in [0.2, 0.25) is 5.91 Å². The SMILES string of the molecule is CC(C)(C)[C@H](C=O)NC(=O)CCNC(=O)OCc1ccccc1. The molecule has 0 aliphatic carbocycles. The van der Waals surface area contributed by atoms with Crippen molar-refractivity contribution in [2.24, 2.45) is 5.41 Å². The highest BCUT2D eigenvalue weighted by atomic mass is 16.5. The molecule has 0 aromatic heterocycles. The second-order valence-corrected chi connectivity index (χ2v) is 6.29. The second-order valence-electron chi connectivity index (χ2n) is 6.29. The minimum absolute atomic E-state index is 0.0842. The lowest BCUT2D eigenvalue weighted by molar-refractivity contribution is -0.125. The Bertz CT molecular complexity index is 523. The van der Waals surface area contributed by atoms with Gasteiger partial charge in [-0.15, -0.1) is 0 Å². The first-order valence-corrected chi connectivity index (χ1v) is 7.52. The van der Waals surface area contributed by atoms with Crippen LogP contribution in [0.15, 0.2) is 30.3 Å². The Balaban J connectivity index is 2.24. The first kappa shape index (κ1) is 18.7. The van der Waals surface area contributed by atoms with Gasteiger partial charge < -0.3 is 20.2 Å². The molecule has 0 saturated carbocycles. The largest absolute Gasteiger partial charge is 0.445 e. The summed E-state index contributed by atoms with van der Waals surface area (Å²) in [6.45, 7) is 5.92. The maximum atomic E-state index is 11.8. The number of carbonyl (C=O) groups is 3. The van der Waals surface area contributed by atoms with E-state index in [9.17, 15) is 14.4 Å². The molecule has 0 heterocycles. The van der Waals surface area contributed by atoms with Gasteiger partial charge in [0.1, 0.15) is 12.9 Å². The van der Waals surface area contributed by atoms with Crippen molar-refractivity contribution in [1.29, 1.82) is 0 Å². The van der Waals surface area contributed by atoms with E-state index in [4.69, 9.17) is 4.74 Å². The van der Waals surface area contributed by atoms with Gasteiger partial charge in [-0.2, -0.15) is 0 Å². The van der Waals surface area contributed by atoms with Gasteiger partial charge in [-0.05, 0) is 11.0 Å². The Kier molecular flexibility index (Phi) is 7.25. The van der Waals surface area contributed by atoms with Crippen LogP contribution in [0.2, 0.25) is 0 Å². The number of hydrogen-bond acceptors (Lipinski definition) is 4. The Morgan fingerprint density at radius 2 is 1.87 bits per heavy atom. The second kappa shape index (κ2) is 8.92. The number of alkyl carbamates (subject to hydrolysis) is 1. The lowest BCUT2D eigenvalue weighted by Gasteiger charge is -2.26. The van der Waals surface area contributed by atoms with Gasteiger partial charge in [-0.3, -0.25) is 4.79 Å². The van der Waals surface area contributed by atoms with Crippen molar-refractivity contribution in [3.8, 4) is 0 Å². The topological polar surface area (TPSA) is 84.5 Å². The molecule has 0 radical (unpaired) electrons. The molecule has 23 heavy (non-hydrogen) atoms. The summed E-state index contributed by atoms with van der Waals surface area (Å²) in [4.78, 5) is 34.3. The molecular weight excluding hydrogens is 296 g/mol. The van der Waals surface area contributed by atoms with Crippen LogP contribution in [-0.4, -0.2) is 30.9 Å². The molecule has 1 aromatic rings. The van der Waals surface area contributed by atoms with E-state index in [0.717, 1.165) is 11.8 Å². The van der Waals surface area contributed by atoms with Gasteiger partial charge >= 0.3 is 6.09 Å². The Morgan fingerprint density at radius 3 is 2.43 bits per heavy atom. The van der Waals surface area contributed by atoms with Crippen LogP contribution < -0.4 is 10.6 Å². The zero-order chi connectivity index (χ0) is 17.3. The molecular formula is C17H24N2O4. The molecule has 126 valence electrons. The zero-order valence-corrected chi connectivity index (χ0v) is 13.8. The van der Waals surface area contributed by atoms with Crippen molar-refractivity contribution in [3.05, 3.63) is 35.9 Å². The van der Waals surface area contributed by atoms with Crippen LogP contribution in [0, 0.1) is 5.41 Å². The number of aldehydes is 1. The lowest BCUT2D eigenvalue weighted by atomic mass is 9.87. The van der Waals surface area contributed by atoms with Crippen LogP contribution in [0.3, 0.4) is 0 Å². The third-order valence-corrected chi connectivity index (χ3v) is 3.22. The summed E-state index contributed by atoms with van der Waals surface area (Å²) >= 11 is 0. The van der Waals surface area contributed by atoms with E-state index in [0.29, 0.717) is 0 Å². The summed E-state index contributed by atoms with van der Waals surface area (Å²) in [6, 6.07) is 8.76. The number of rotatable bonds is 7. The summed E-state index contributed by atoms with van der Waals surface area (Å²) < 4.78 is 5.03. The van der Waals surface area contributed by atoms with Crippen molar-refractivity contribution in [2.45, 2.75) is 39.8 Å². The van der Waals surface area contributed by atoms with Gasteiger partial charge in [-0.1, -0.05) is 51.1 Å². The molecule has 2 amide bonds. The fourth-order valence-electron chi connectivity index (χ4n) is 1.75. The fourth-order valence-corrected chi connectivity index (χ4v) is 1.75. The summed E-state index contributed by atoms with van der Waals surface area (Å²) in [7, 11) is 0. The minimum Gasteiger partial charge on any atom is -0.445 e. The molecule has 6 nitrogen and oxygen atoms in total. The highest BCUT2D eigenvalue weighted by molar-refractivity contribution is 5.80. The molecule has 1 aromatic carbocycles. The number of amides is 2. The Hall–Kier alpha value is -2.37. The van der Waals surface area contributed by atoms with E-state index in [1.165, 1.54) is 0 Å². The third kappa shape index (κ3) is 7.44. The maximum Gasteiger partial charge on any atom is 0.407 e. The predicted molar refractivity (Wildman–Crippen MR) is 86.7 cm³/mol. The van der Waals surface area contributed by atoms with Gasteiger partial charge in [0, 0.05) is 13.0 Å². The highest BCUT2D eigenvalue weighted by Gasteiger charge is 2.25. The van der Waals surface area contributed by atoms with E-state index in [1.807, 2.05) is 51.1 Å². The van der Waals surface area contributed by atoms with E-state index < -0.39 is 12.1 Å². The fraction of sp³-hybridized carbons (Fsp3) is 0.471. The van der Waals surface area contributed by atoms with Crippen molar-refractivity contribution in [1.82, 2.24) is 10.6 Å². The molecule has 0 bridgehead atoms. The van der Waals surface area contributed by atoms with Crippen LogP contribution in [0.4, 0.5) is 4.79 Å². The zero-order valence-electron chi connectivity index (χ0n) is 13.8. The monoisotopic (exact) mass is 320 g/mol. The van der Waals surface area contributed by atoms with Crippen LogP contribution in [0.25, 0.3) is 0 Å². The van der Waals surface area contributed by atoms with E-state index in [2.05, 4.69) is 10.6 Å². The van der Waals surface area contributed by atoms with Crippen molar-refractivity contribution in [3.63, 3.8) is 0 Å². The summed E-state index contributed by atoms with van der Waals surface area (Å²) in [5.41, 5.74) is 0.541. The summed E-state index contributed by atoms with van der Waals surface area (Å²) in [5.74, 6) is -0.291. The highest BCUT2D eigenvalue weighted by Crippen LogP contribution is 2.17. The quantitative estimate of drug-likeness (QED) is 0.753. The molecule has 1 atom stereocenters. The average molecular weight is 320 g/mol. The Labute approximate surface area is 136 Å². The van der Waals surface area contributed by atoms with E-state index >= 15 is 0 Å². The Morgan fingerprint density at radius 1 is 1.22 bits per heavy atom. The van der Waals surface area contributed by atoms with E-state index in [-0.39, 0.29) is 30.9 Å². The first-order chi connectivity index (χ1) is 10.8. The molecule has 0 unspecified atom stereocenters. The van der Waals surface area contributed by atoms with Crippen LogP contribution >= 0.6 is 0 Å². The molecule has 0 spiro atoms. The van der Waals surface area contributed by atoms with Gasteiger partial charge in [0.05, 0.1) is 6.04 Å². The lowest BCUT2D eigenvalue weighted by Crippen LogP contribution is -2.45. The van der Waals surface area contributed by atoms with Gasteiger partial charge in [0.25, 0.3) is 0 Å². The minimum atomic E-state index is -0.579. The number of benzene rings is 1. The molecule has 2 N–H and O–H groups in total. The predicted octanol–water partition coefficient (Wildman–Crippen LogP) is 2.03. The number of nitrogens with one attached hydrogen (secondary N) is 2. The maximum absolute atomic E-state index is 11.8. The number of carbonyl (C=O) groups excluding carboxylic acids is 3. The number of ether oxygens (including phenoxy) is 1. The van der Waals surface area contributed by atoms with Gasteiger partial charge in [0.15, 0.2) is 0 Å². The number of hydrogen-bond donors (Lipinski definition) is 2. The standard InChI is InChI=1S/C17H24N2O4/c1-17(2,3)14(11-20)19-15(21)9-10-18-16(22)23-12-13-7-5-4-6-8-13/h4-8,11,14H,9-10,12H2,1-3H3,(H,18,22)(H,19,21)/t14-/m0/s1. The van der Waals surface area contributed by atoms with Crippen molar-refractivity contribution < 1.29 is 19.1 Å². The van der Waals surface area contributed by atoms with Crippen molar-refractivity contribution in [2.75, 3.05) is 6.54 Å². The molecule has 0 aliphatic heterocycles. The molecule has 6 heteroatoms. The first-order valence-electron chi connectivity index (χ1n) is 7.52. The third-order valence-electron chi connectivity index (χ3n) is 3.22. The molecule has 1 rings (SSSR count). The normalized spacial score (nSPS) is 12.1.